The van der Waals surface area contributed by atoms with Crippen LogP contribution in [0.2, 0.25) is 0 Å². The fraction of sp³-hybridized carbons (Fsp3) is 0.222. The summed E-state index contributed by atoms with van der Waals surface area (Å²) in [5, 5.41) is 23.3. The molecule has 6 rings (SSSR count). The topological polar surface area (TPSA) is 136 Å². The summed E-state index contributed by atoms with van der Waals surface area (Å²) in [5.74, 6) is 1.20. The van der Waals surface area contributed by atoms with E-state index < -0.39 is 6.10 Å². The number of rotatable bonds is 8. The lowest BCUT2D eigenvalue weighted by atomic mass is 10.1. The Balaban J connectivity index is 1.19. The first-order valence-electron chi connectivity index (χ1n) is 12.5. The molecule has 2 unspecified atom stereocenters. The van der Waals surface area contributed by atoms with Gasteiger partial charge in [-0.1, -0.05) is 36.4 Å². The molecular formula is C27H27N9O2. The Kier molecular flexibility index (Phi) is 6.40. The number of amides is 1. The lowest BCUT2D eigenvalue weighted by Crippen LogP contribution is -2.28. The zero-order valence-electron chi connectivity index (χ0n) is 20.5. The van der Waals surface area contributed by atoms with Gasteiger partial charge in [0.2, 0.25) is 11.9 Å². The number of aliphatic hydroxyl groups excluding tert-OH is 1. The molecule has 1 aliphatic heterocycles. The third-order valence-corrected chi connectivity index (χ3v) is 6.62. The van der Waals surface area contributed by atoms with Crippen molar-refractivity contribution in [3.63, 3.8) is 0 Å². The molecule has 0 spiro atoms. The van der Waals surface area contributed by atoms with E-state index in [1.54, 1.807) is 6.07 Å². The molecule has 5 heterocycles. The minimum Gasteiger partial charge on any atom is -0.387 e. The fourth-order valence-electron chi connectivity index (χ4n) is 4.72. The van der Waals surface area contributed by atoms with Crippen LogP contribution < -0.4 is 15.5 Å². The van der Waals surface area contributed by atoms with Crippen molar-refractivity contribution in [2.24, 2.45) is 0 Å². The molecule has 38 heavy (non-hydrogen) atoms. The van der Waals surface area contributed by atoms with Gasteiger partial charge in [-0.3, -0.25) is 19.3 Å². The van der Waals surface area contributed by atoms with Crippen LogP contribution in [0, 0.1) is 0 Å². The quantitative estimate of drug-likeness (QED) is 0.250. The number of fused-ring (bicyclic) bond motifs is 1. The van der Waals surface area contributed by atoms with Crippen molar-refractivity contribution >= 4 is 29.3 Å². The Morgan fingerprint density at radius 2 is 1.97 bits per heavy atom. The van der Waals surface area contributed by atoms with Gasteiger partial charge < -0.3 is 20.6 Å². The fourth-order valence-corrected chi connectivity index (χ4v) is 4.72. The number of hydrogen-bond donors (Lipinski definition) is 4. The van der Waals surface area contributed by atoms with Crippen LogP contribution >= 0.6 is 0 Å². The highest BCUT2D eigenvalue weighted by Crippen LogP contribution is 2.34. The highest BCUT2D eigenvalue weighted by atomic mass is 16.3. The summed E-state index contributed by atoms with van der Waals surface area (Å²) >= 11 is 0. The van der Waals surface area contributed by atoms with Crippen molar-refractivity contribution in [3.05, 3.63) is 96.1 Å². The molecule has 5 aromatic rings. The van der Waals surface area contributed by atoms with E-state index in [0.29, 0.717) is 17.7 Å². The molecule has 0 aliphatic carbocycles. The molecule has 0 radical (unpaired) electrons. The molecule has 4 aromatic heterocycles. The van der Waals surface area contributed by atoms with E-state index in [0.717, 1.165) is 36.3 Å². The number of carbonyl (C=O) groups is 1. The van der Waals surface area contributed by atoms with E-state index >= 15 is 0 Å². The lowest BCUT2D eigenvalue weighted by Gasteiger charge is -2.24. The van der Waals surface area contributed by atoms with Crippen molar-refractivity contribution in [1.29, 1.82) is 0 Å². The number of aliphatic hydroxyl groups is 1. The predicted molar refractivity (Wildman–Crippen MR) is 142 cm³/mol. The van der Waals surface area contributed by atoms with Gasteiger partial charge in [0.15, 0.2) is 5.82 Å². The lowest BCUT2D eigenvalue weighted by molar-refractivity contribution is 0.0911. The minimum absolute atomic E-state index is 0.0805. The summed E-state index contributed by atoms with van der Waals surface area (Å²) in [4.78, 5) is 29.0. The van der Waals surface area contributed by atoms with Gasteiger partial charge >= 0.3 is 0 Å². The van der Waals surface area contributed by atoms with E-state index in [4.69, 9.17) is 9.97 Å². The number of H-pyrrole nitrogens is 1. The highest BCUT2D eigenvalue weighted by molar-refractivity contribution is 5.93. The number of pyridine rings is 1. The number of carbonyl (C=O) groups excluding carboxylic acids is 1. The number of nitrogens with one attached hydrogen (secondary N) is 3. The second kappa shape index (κ2) is 10.3. The zero-order valence-corrected chi connectivity index (χ0v) is 20.5. The first-order chi connectivity index (χ1) is 18.7. The summed E-state index contributed by atoms with van der Waals surface area (Å²) in [6, 6.07) is 20.7. The van der Waals surface area contributed by atoms with Gasteiger partial charge in [0.05, 0.1) is 17.8 Å². The average molecular weight is 510 g/mol. The molecule has 11 heteroatoms. The summed E-state index contributed by atoms with van der Waals surface area (Å²) in [7, 11) is 0. The number of aromatic nitrogens is 6. The number of hydrogen-bond acceptors (Lipinski definition) is 8. The molecule has 1 amide bonds. The first-order valence-corrected chi connectivity index (χ1v) is 12.5. The molecule has 0 saturated carbocycles. The van der Waals surface area contributed by atoms with E-state index in [2.05, 4.69) is 30.7 Å². The SMILES string of the molecule is O=C(NCC(O)c1ccccc1)c1cc(Nc2nc(N3CCCC3c3ccccn3)nc3cccn23)n[nH]1. The van der Waals surface area contributed by atoms with Crippen molar-refractivity contribution < 1.29 is 9.90 Å². The van der Waals surface area contributed by atoms with Gasteiger partial charge in [0.25, 0.3) is 5.91 Å². The smallest absolute Gasteiger partial charge is 0.269 e. The third-order valence-electron chi connectivity index (χ3n) is 6.62. The Labute approximate surface area is 218 Å². The summed E-state index contributed by atoms with van der Waals surface area (Å²) < 4.78 is 1.83. The molecule has 1 saturated heterocycles. The second-order valence-electron chi connectivity index (χ2n) is 9.12. The number of aromatic amines is 1. The number of anilines is 3. The van der Waals surface area contributed by atoms with Crippen LogP contribution in [0.5, 0.6) is 0 Å². The van der Waals surface area contributed by atoms with Crippen LogP contribution in [0.15, 0.2) is 79.1 Å². The molecule has 0 bridgehead atoms. The molecule has 4 N–H and O–H groups in total. The molecule has 1 aliphatic rings. The summed E-state index contributed by atoms with van der Waals surface area (Å²) in [6.07, 6.45) is 4.88. The Morgan fingerprint density at radius 3 is 2.82 bits per heavy atom. The Morgan fingerprint density at radius 1 is 1.11 bits per heavy atom. The zero-order chi connectivity index (χ0) is 25.9. The van der Waals surface area contributed by atoms with Crippen LogP contribution in [0.4, 0.5) is 17.7 Å². The molecule has 1 aromatic carbocycles. The molecule has 2 atom stereocenters. The first kappa shape index (κ1) is 23.6. The Bertz CT molecular complexity index is 1530. The van der Waals surface area contributed by atoms with Crippen molar-refractivity contribution in [2.45, 2.75) is 25.0 Å². The van der Waals surface area contributed by atoms with Crippen LogP contribution in [-0.2, 0) is 0 Å². The van der Waals surface area contributed by atoms with Crippen molar-refractivity contribution in [3.8, 4) is 0 Å². The standard InChI is InChI=1S/C27H27N9O2/c37-22(18-8-2-1-3-9-18)17-29-25(38)20-16-23(34-33-20)30-26-32-27(31-24-12-7-15-36(24)26)35-14-6-11-21(35)19-10-4-5-13-28-19/h1-5,7-10,12-13,15-16,21-22,37H,6,11,14,17H2,(H,29,38)(H2,30,31,32,33,34). The third kappa shape index (κ3) is 4.78. The van der Waals surface area contributed by atoms with Gasteiger partial charge in [0.1, 0.15) is 11.3 Å². The van der Waals surface area contributed by atoms with Crippen molar-refractivity contribution in [2.75, 3.05) is 23.3 Å². The minimum atomic E-state index is -0.803. The van der Waals surface area contributed by atoms with E-state index in [1.165, 1.54) is 0 Å². The number of benzene rings is 1. The van der Waals surface area contributed by atoms with E-state index in [-0.39, 0.29) is 24.2 Å². The van der Waals surface area contributed by atoms with Gasteiger partial charge in [0, 0.05) is 31.5 Å². The number of nitrogens with zero attached hydrogens (tertiary/aromatic N) is 6. The van der Waals surface area contributed by atoms with Crippen LogP contribution in [0.3, 0.4) is 0 Å². The Hall–Kier alpha value is -4.77. The van der Waals surface area contributed by atoms with Crippen molar-refractivity contribution in [1.82, 2.24) is 34.9 Å². The van der Waals surface area contributed by atoms with Gasteiger partial charge in [-0.05, 0) is 42.7 Å². The summed E-state index contributed by atoms with van der Waals surface area (Å²) in [5.41, 5.74) is 2.74. The molecule has 1 fully saturated rings. The highest BCUT2D eigenvalue weighted by Gasteiger charge is 2.30. The monoisotopic (exact) mass is 509 g/mol. The van der Waals surface area contributed by atoms with Gasteiger partial charge in [-0.25, -0.2) is 0 Å². The van der Waals surface area contributed by atoms with Crippen LogP contribution in [0.25, 0.3) is 5.65 Å². The second-order valence-corrected chi connectivity index (χ2v) is 9.12. The normalized spacial score (nSPS) is 16.0. The predicted octanol–water partition coefficient (Wildman–Crippen LogP) is 3.40. The largest absolute Gasteiger partial charge is 0.387 e. The van der Waals surface area contributed by atoms with Crippen LogP contribution in [-0.4, -0.2) is 53.7 Å². The van der Waals surface area contributed by atoms with Gasteiger partial charge in [-0.2, -0.15) is 15.1 Å². The molecule has 11 nitrogen and oxygen atoms in total. The average Bonchev–Trinajstić information content (AvgIpc) is 3.73. The van der Waals surface area contributed by atoms with E-state index in [1.807, 2.05) is 77.5 Å². The molecular weight excluding hydrogens is 482 g/mol. The maximum absolute atomic E-state index is 12.7. The summed E-state index contributed by atoms with van der Waals surface area (Å²) in [6.45, 7) is 0.913. The molecule has 192 valence electrons. The maximum atomic E-state index is 12.7. The van der Waals surface area contributed by atoms with Gasteiger partial charge in [-0.15, -0.1) is 0 Å². The van der Waals surface area contributed by atoms with E-state index in [9.17, 15) is 9.90 Å². The maximum Gasteiger partial charge on any atom is 0.269 e. The van der Waals surface area contributed by atoms with Crippen LogP contribution in [0.1, 0.15) is 46.7 Å².